The van der Waals surface area contributed by atoms with Crippen LogP contribution in [0.15, 0.2) is 194 Å². The van der Waals surface area contributed by atoms with Crippen LogP contribution in [-0.4, -0.2) is 13.7 Å². The van der Waals surface area contributed by atoms with Crippen LogP contribution in [0.2, 0.25) is 0 Å². The Kier molecular flexibility index (Phi) is 8.00. The van der Waals surface area contributed by atoms with Crippen molar-refractivity contribution in [3.63, 3.8) is 0 Å². The molecule has 6 heteroatoms. The van der Waals surface area contributed by atoms with Gasteiger partial charge in [0.2, 0.25) is 0 Å². The molecule has 8 aromatic carbocycles. The number of aromatic nitrogens is 3. The van der Waals surface area contributed by atoms with Crippen LogP contribution < -0.4 is 5.32 Å². The molecule has 1 aliphatic rings. The van der Waals surface area contributed by atoms with Gasteiger partial charge in [0.1, 0.15) is 23.3 Å². The molecule has 0 saturated heterocycles. The highest BCUT2D eigenvalue weighted by molar-refractivity contribution is 6.14. The average Bonchev–Trinajstić information content (AvgIpc) is 3.97. The maximum Gasteiger partial charge on any atom is 0.104 e. The third-order valence-electron chi connectivity index (χ3n) is 12.6. The van der Waals surface area contributed by atoms with Gasteiger partial charge in [0.25, 0.3) is 0 Å². The Hall–Kier alpha value is -8.58. The summed E-state index contributed by atoms with van der Waals surface area (Å²) in [7, 11) is 0. The van der Waals surface area contributed by atoms with E-state index in [1.807, 2.05) is 30.3 Å². The molecule has 0 unspecified atom stereocenters. The molecule has 0 fully saturated rings. The summed E-state index contributed by atoms with van der Waals surface area (Å²) in [5, 5.41) is 34.3. The van der Waals surface area contributed by atoms with E-state index < -0.39 is 0 Å². The van der Waals surface area contributed by atoms with Crippen LogP contribution in [0.25, 0.3) is 88.1 Å². The second-order valence-corrected chi connectivity index (χ2v) is 15.8. The van der Waals surface area contributed by atoms with E-state index in [4.69, 9.17) is 0 Å². The minimum atomic E-state index is 0.369. The van der Waals surface area contributed by atoms with E-state index in [0.717, 1.165) is 95.1 Å². The number of rotatable bonds is 6. The highest BCUT2D eigenvalue weighted by Crippen LogP contribution is 2.48. The first-order valence-corrected chi connectivity index (χ1v) is 21.0. The molecule has 1 aliphatic carbocycles. The fraction of sp³-hybridized carbons (Fsp3) is 0.0357. The summed E-state index contributed by atoms with van der Waals surface area (Å²) in [4.78, 5) is 0. The Labute approximate surface area is 357 Å². The molecule has 3 aromatic heterocycles. The van der Waals surface area contributed by atoms with Crippen LogP contribution in [0.1, 0.15) is 29.5 Å². The fourth-order valence-corrected chi connectivity index (χ4v) is 10.1. The number of fused-ring (bicyclic) bond motifs is 9. The molecule has 0 aliphatic heterocycles. The second kappa shape index (κ2) is 14.0. The summed E-state index contributed by atoms with van der Waals surface area (Å²) in [5.74, 6) is 0. The van der Waals surface area contributed by atoms with Crippen LogP contribution in [0, 0.1) is 22.7 Å². The van der Waals surface area contributed by atoms with Crippen molar-refractivity contribution in [3.05, 3.63) is 210 Å². The third kappa shape index (κ3) is 5.08. The van der Waals surface area contributed by atoms with Gasteiger partial charge >= 0.3 is 0 Å². The topological polar surface area (TPSA) is 74.4 Å². The number of anilines is 1. The lowest BCUT2D eigenvalue weighted by Crippen LogP contribution is -2.17. The van der Waals surface area contributed by atoms with Gasteiger partial charge in [-0.1, -0.05) is 146 Å². The highest BCUT2D eigenvalue weighted by atomic mass is 15.1. The second-order valence-electron chi connectivity index (χ2n) is 15.8. The summed E-state index contributed by atoms with van der Waals surface area (Å²) in [6, 6.07) is 66.3. The smallest absolute Gasteiger partial charge is 0.104 e. The lowest BCUT2D eigenvalue weighted by molar-refractivity contribution is 1.03. The van der Waals surface area contributed by atoms with E-state index in [1.165, 1.54) is 0 Å². The molecular formula is C56H36N6. The molecule has 1 N–H and O–H groups in total. The Bertz CT molecular complexity index is 3640. The fourth-order valence-electron chi connectivity index (χ4n) is 10.1. The third-order valence-corrected chi connectivity index (χ3v) is 12.6. The molecule has 0 atom stereocenters. The first kappa shape index (κ1) is 35.4. The zero-order valence-electron chi connectivity index (χ0n) is 33.5. The quantitative estimate of drug-likeness (QED) is 0.182. The largest absolute Gasteiger partial charge is 0.352 e. The van der Waals surface area contributed by atoms with Crippen molar-refractivity contribution in [3.8, 4) is 29.2 Å². The van der Waals surface area contributed by atoms with Gasteiger partial charge in [0.15, 0.2) is 0 Å². The van der Waals surface area contributed by atoms with Crippen molar-refractivity contribution in [2.24, 2.45) is 0 Å². The number of hydrogen-bond donors (Lipinski definition) is 1. The van der Waals surface area contributed by atoms with Gasteiger partial charge in [-0.3, -0.25) is 0 Å². The molecule has 0 spiro atoms. The molecule has 12 rings (SSSR count). The van der Waals surface area contributed by atoms with E-state index in [0.29, 0.717) is 33.9 Å². The Morgan fingerprint density at radius 1 is 0.403 bits per heavy atom. The number of nitriles is 2. The number of nitrogens with one attached hydrogen (secondary N) is 1. The number of para-hydroxylation sites is 6. The van der Waals surface area contributed by atoms with Crippen LogP contribution in [0.4, 0.5) is 5.69 Å². The Morgan fingerprint density at radius 2 is 0.774 bits per heavy atom. The molecule has 0 amide bonds. The average molecular weight is 793 g/mol. The predicted octanol–water partition coefficient (Wildman–Crippen LogP) is 13.9. The van der Waals surface area contributed by atoms with Crippen molar-refractivity contribution < 1.29 is 0 Å². The maximum absolute atomic E-state index is 12.0. The van der Waals surface area contributed by atoms with Gasteiger partial charge in [0.05, 0.1) is 55.8 Å². The van der Waals surface area contributed by atoms with Crippen molar-refractivity contribution in [2.45, 2.75) is 12.8 Å². The SMILES string of the molecule is N#Cc1c(NC2=C(c3ccccc3)CCC=C2)c(-n2c3ccccc3c3ccccc32)c(-n2c3ccccc3c3ccccc32)c(C#N)c1-n1c2ccccc2c2ccccc21. The zero-order chi connectivity index (χ0) is 41.3. The van der Waals surface area contributed by atoms with E-state index >= 15 is 0 Å². The Morgan fingerprint density at radius 3 is 1.19 bits per heavy atom. The Balaban J connectivity index is 1.37. The maximum atomic E-state index is 12.0. The minimum Gasteiger partial charge on any atom is -0.352 e. The molecule has 290 valence electrons. The molecule has 0 saturated carbocycles. The van der Waals surface area contributed by atoms with Crippen LogP contribution in [-0.2, 0) is 0 Å². The first-order chi connectivity index (χ1) is 30.7. The summed E-state index contributed by atoms with van der Waals surface area (Å²) < 4.78 is 6.68. The molecule has 11 aromatic rings. The van der Waals surface area contributed by atoms with Crippen LogP contribution in [0.5, 0.6) is 0 Å². The van der Waals surface area contributed by atoms with Crippen molar-refractivity contribution in [1.82, 2.24) is 13.7 Å². The molecule has 3 heterocycles. The van der Waals surface area contributed by atoms with Crippen molar-refractivity contribution >= 4 is 76.7 Å². The first-order valence-electron chi connectivity index (χ1n) is 21.0. The standard InChI is InChI=1S/C56H36N6/c57-34-44-53(59-46-27-11-4-20-37(46)36-18-2-1-3-19-36)56(62-51-32-16-9-25-42(51)43-26-10-17-33-52(43)62)55(61-49-30-14-7-23-40(49)41-24-8-15-31-50(41)61)45(35-58)54(44)60-47-28-12-5-21-38(47)39-22-6-13-29-48(39)60/h1-3,5-19,21-33,59H,4,20H2. The monoisotopic (exact) mass is 792 g/mol. The lowest BCUT2D eigenvalue weighted by Gasteiger charge is -2.28. The summed E-state index contributed by atoms with van der Waals surface area (Å²) in [6.07, 6.45) is 6.07. The van der Waals surface area contributed by atoms with Gasteiger partial charge in [-0.2, -0.15) is 10.5 Å². The molecule has 6 nitrogen and oxygen atoms in total. The molecule has 62 heavy (non-hydrogen) atoms. The predicted molar refractivity (Wildman–Crippen MR) is 254 cm³/mol. The van der Waals surface area contributed by atoms with Gasteiger partial charge < -0.3 is 19.0 Å². The molecular weight excluding hydrogens is 757 g/mol. The minimum absolute atomic E-state index is 0.369. The van der Waals surface area contributed by atoms with E-state index in [-0.39, 0.29) is 0 Å². The number of hydrogen-bond acceptors (Lipinski definition) is 3. The van der Waals surface area contributed by atoms with E-state index in [9.17, 15) is 10.5 Å². The normalized spacial score (nSPS) is 12.9. The highest BCUT2D eigenvalue weighted by Gasteiger charge is 2.33. The van der Waals surface area contributed by atoms with Crippen molar-refractivity contribution in [1.29, 1.82) is 10.5 Å². The lowest BCUT2D eigenvalue weighted by atomic mass is 9.94. The number of allylic oxidation sites excluding steroid dienone is 3. The summed E-state index contributed by atoms with van der Waals surface area (Å²) >= 11 is 0. The summed E-state index contributed by atoms with van der Waals surface area (Å²) in [5.41, 5.74) is 12.1. The zero-order valence-corrected chi connectivity index (χ0v) is 33.5. The van der Waals surface area contributed by atoms with Crippen LogP contribution in [0.3, 0.4) is 0 Å². The van der Waals surface area contributed by atoms with E-state index in [2.05, 4.69) is 189 Å². The molecule has 0 bridgehead atoms. The number of nitrogens with zero attached hydrogens (tertiary/aromatic N) is 5. The summed E-state index contributed by atoms with van der Waals surface area (Å²) in [6.45, 7) is 0. The van der Waals surface area contributed by atoms with Gasteiger partial charge in [-0.05, 0) is 66.5 Å². The van der Waals surface area contributed by atoms with Gasteiger partial charge in [-0.15, -0.1) is 0 Å². The van der Waals surface area contributed by atoms with E-state index in [1.54, 1.807) is 0 Å². The van der Waals surface area contributed by atoms with Gasteiger partial charge in [-0.25, -0.2) is 0 Å². The van der Waals surface area contributed by atoms with Gasteiger partial charge in [0, 0.05) is 38.0 Å². The molecule has 0 radical (unpaired) electrons. The van der Waals surface area contributed by atoms with Crippen molar-refractivity contribution in [2.75, 3.05) is 5.32 Å². The number of benzene rings is 8. The van der Waals surface area contributed by atoms with Crippen LogP contribution >= 0.6 is 0 Å².